The van der Waals surface area contributed by atoms with Crippen LogP contribution >= 0.6 is 11.6 Å². The number of rotatable bonds is 4. The van der Waals surface area contributed by atoms with Gasteiger partial charge >= 0.3 is 0 Å². The number of ether oxygens (including phenoxy) is 1. The molecule has 0 saturated carbocycles. The van der Waals surface area contributed by atoms with E-state index in [1.807, 2.05) is 25.1 Å². The third-order valence-electron chi connectivity index (χ3n) is 4.36. The average molecular weight is 366 g/mol. The number of sulfonamides is 1. The SMILES string of the molecule is COc1ccc(S(=O)(=O)N2CCC[C@@H]2c2cccc(C)c2)cc1Cl. The van der Waals surface area contributed by atoms with Crippen LogP contribution in [0.3, 0.4) is 0 Å². The standard InChI is InChI=1S/C18H20ClNO3S/c1-13-5-3-6-14(11-13)17-7-4-10-20(17)24(21,22)15-8-9-18(23-2)16(19)12-15/h3,5-6,8-9,11-12,17H,4,7,10H2,1-2H3/t17-/m1/s1. The third kappa shape index (κ3) is 3.16. The number of methoxy groups -OCH3 is 1. The predicted molar refractivity (Wildman–Crippen MR) is 95.0 cm³/mol. The van der Waals surface area contributed by atoms with Gasteiger partial charge in [-0.3, -0.25) is 0 Å². The van der Waals surface area contributed by atoms with Gasteiger partial charge in [0.25, 0.3) is 0 Å². The first-order valence-corrected chi connectivity index (χ1v) is 9.67. The maximum Gasteiger partial charge on any atom is 0.243 e. The lowest BCUT2D eigenvalue weighted by atomic mass is 10.0. The van der Waals surface area contributed by atoms with E-state index in [0.29, 0.717) is 17.3 Å². The first-order chi connectivity index (χ1) is 11.4. The Morgan fingerprint density at radius 1 is 1.21 bits per heavy atom. The zero-order chi connectivity index (χ0) is 17.3. The van der Waals surface area contributed by atoms with Crippen molar-refractivity contribution in [3.8, 4) is 5.75 Å². The van der Waals surface area contributed by atoms with Crippen LogP contribution in [-0.2, 0) is 10.0 Å². The van der Waals surface area contributed by atoms with Crippen LogP contribution in [0.1, 0.15) is 30.0 Å². The summed E-state index contributed by atoms with van der Waals surface area (Å²) in [6, 6.07) is 12.5. The molecule has 1 aliphatic heterocycles. The van der Waals surface area contributed by atoms with Gasteiger partial charge < -0.3 is 4.74 Å². The van der Waals surface area contributed by atoms with Crippen molar-refractivity contribution in [1.82, 2.24) is 4.31 Å². The van der Waals surface area contributed by atoms with Gasteiger partial charge in [0.1, 0.15) is 5.75 Å². The van der Waals surface area contributed by atoms with Gasteiger partial charge in [-0.1, -0.05) is 41.4 Å². The van der Waals surface area contributed by atoms with E-state index < -0.39 is 10.0 Å². The van der Waals surface area contributed by atoms with Crippen molar-refractivity contribution in [3.63, 3.8) is 0 Å². The smallest absolute Gasteiger partial charge is 0.243 e. The summed E-state index contributed by atoms with van der Waals surface area (Å²) in [4.78, 5) is 0.202. The molecule has 0 amide bonds. The monoisotopic (exact) mass is 365 g/mol. The molecule has 1 saturated heterocycles. The maximum atomic E-state index is 13.1. The number of hydrogen-bond donors (Lipinski definition) is 0. The fraction of sp³-hybridized carbons (Fsp3) is 0.333. The van der Waals surface area contributed by atoms with Gasteiger partial charge in [0.15, 0.2) is 0 Å². The highest BCUT2D eigenvalue weighted by molar-refractivity contribution is 7.89. The maximum absolute atomic E-state index is 13.1. The Bertz CT molecular complexity index is 851. The topological polar surface area (TPSA) is 46.6 Å². The van der Waals surface area contributed by atoms with Gasteiger partial charge in [-0.25, -0.2) is 8.42 Å². The van der Waals surface area contributed by atoms with Crippen LogP contribution in [0, 0.1) is 6.92 Å². The summed E-state index contributed by atoms with van der Waals surface area (Å²) in [5, 5.41) is 0.296. The molecule has 128 valence electrons. The minimum atomic E-state index is -3.60. The molecular weight excluding hydrogens is 346 g/mol. The molecule has 0 aromatic heterocycles. The molecule has 1 atom stereocenters. The molecule has 2 aromatic carbocycles. The van der Waals surface area contributed by atoms with Crippen molar-refractivity contribution in [1.29, 1.82) is 0 Å². The number of halogens is 1. The summed E-state index contributed by atoms with van der Waals surface area (Å²) < 4.78 is 32.8. The molecule has 0 radical (unpaired) electrons. The zero-order valence-corrected chi connectivity index (χ0v) is 15.3. The molecular formula is C18H20ClNO3S. The summed E-state index contributed by atoms with van der Waals surface area (Å²) in [6.45, 7) is 2.53. The lowest BCUT2D eigenvalue weighted by Gasteiger charge is -2.25. The van der Waals surface area contributed by atoms with Gasteiger partial charge in [0.2, 0.25) is 10.0 Å². The number of benzene rings is 2. The highest BCUT2D eigenvalue weighted by atomic mass is 35.5. The van der Waals surface area contributed by atoms with Crippen molar-refractivity contribution in [2.45, 2.75) is 30.7 Å². The van der Waals surface area contributed by atoms with Crippen LogP contribution in [0.25, 0.3) is 0 Å². The van der Waals surface area contributed by atoms with Crippen molar-refractivity contribution in [2.75, 3.05) is 13.7 Å². The van der Waals surface area contributed by atoms with Gasteiger partial charge in [0, 0.05) is 6.54 Å². The Balaban J connectivity index is 1.98. The van der Waals surface area contributed by atoms with Crippen molar-refractivity contribution in [2.24, 2.45) is 0 Å². The van der Waals surface area contributed by atoms with Crippen molar-refractivity contribution >= 4 is 21.6 Å². The van der Waals surface area contributed by atoms with Crippen LogP contribution in [-0.4, -0.2) is 26.4 Å². The lowest BCUT2D eigenvalue weighted by Crippen LogP contribution is -2.30. The summed E-state index contributed by atoms with van der Waals surface area (Å²) in [6.07, 6.45) is 1.67. The minimum absolute atomic E-state index is 0.129. The fourth-order valence-corrected chi connectivity index (χ4v) is 5.21. The highest BCUT2D eigenvalue weighted by Crippen LogP contribution is 2.38. The van der Waals surface area contributed by atoms with E-state index in [2.05, 4.69) is 6.07 Å². The highest BCUT2D eigenvalue weighted by Gasteiger charge is 2.36. The Hall–Kier alpha value is -1.56. The van der Waals surface area contributed by atoms with E-state index in [4.69, 9.17) is 16.3 Å². The zero-order valence-electron chi connectivity index (χ0n) is 13.7. The largest absolute Gasteiger partial charge is 0.495 e. The quantitative estimate of drug-likeness (QED) is 0.816. The van der Waals surface area contributed by atoms with Crippen molar-refractivity contribution < 1.29 is 13.2 Å². The molecule has 6 heteroatoms. The van der Waals surface area contributed by atoms with Crippen molar-refractivity contribution in [3.05, 3.63) is 58.6 Å². The van der Waals surface area contributed by atoms with E-state index in [0.717, 1.165) is 24.0 Å². The van der Waals surface area contributed by atoms with E-state index in [9.17, 15) is 8.42 Å². The third-order valence-corrected chi connectivity index (χ3v) is 6.56. The fourth-order valence-electron chi connectivity index (χ4n) is 3.18. The number of nitrogens with zero attached hydrogens (tertiary/aromatic N) is 1. The van der Waals surface area contributed by atoms with E-state index in [-0.39, 0.29) is 10.9 Å². The average Bonchev–Trinajstić information content (AvgIpc) is 3.05. The second kappa shape index (κ2) is 6.75. The van der Waals surface area contributed by atoms with Crippen LogP contribution in [0.5, 0.6) is 5.75 Å². The van der Waals surface area contributed by atoms with Gasteiger partial charge in [0.05, 0.1) is 23.1 Å². The van der Waals surface area contributed by atoms with E-state index >= 15 is 0 Å². The normalized spacial score (nSPS) is 18.7. The molecule has 3 rings (SSSR count). The first kappa shape index (κ1) is 17.3. The summed E-state index contributed by atoms with van der Waals surface area (Å²) in [5.41, 5.74) is 2.17. The number of hydrogen-bond acceptors (Lipinski definition) is 3. The first-order valence-electron chi connectivity index (χ1n) is 7.85. The molecule has 0 bridgehead atoms. The molecule has 0 N–H and O–H groups in total. The molecule has 24 heavy (non-hydrogen) atoms. The van der Waals surface area contributed by atoms with Gasteiger partial charge in [-0.05, 0) is 43.5 Å². The second-order valence-corrected chi connectivity index (χ2v) is 8.28. The minimum Gasteiger partial charge on any atom is -0.495 e. The van der Waals surface area contributed by atoms with E-state index in [1.165, 1.54) is 13.2 Å². The Labute approximate surface area is 148 Å². The Morgan fingerprint density at radius 3 is 2.67 bits per heavy atom. The van der Waals surface area contributed by atoms with Crippen LogP contribution in [0.15, 0.2) is 47.4 Å². The molecule has 1 aliphatic rings. The van der Waals surface area contributed by atoms with Gasteiger partial charge in [-0.2, -0.15) is 4.31 Å². The van der Waals surface area contributed by atoms with Crippen LogP contribution < -0.4 is 4.74 Å². The molecule has 1 fully saturated rings. The van der Waals surface area contributed by atoms with Crippen LogP contribution in [0.4, 0.5) is 0 Å². The molecule has 0 spiro atoms. The molecule has 1 heterocycles. The molecule has 2 aromatic rings. The van der Waals surface area contributed by atoms with Crippen LogP contribution in [0.2, 0.25) is 5.02 Å². The summed E-state index contributed by atoms with van der Waals surface area (Å²) in [7, 11) is -2.10. The number of aryl methyl sites for hydroxylation is 1. The summed E-state index contributed by atoms with van der Waals surface area (Å²) >= 11 is 6.11. The molecule has 0 aliphatic carbocycles. The van der Waals surface area contributed by atoms with Gasteiger partial charge in [-0.15, -0.1) is 0 Å². The Morgan fingerprint density at radius 2 is 2.00 bits per heavy atom. The van der Waals surface area contributed by atoms with E-state index in [1.54, 1.807) is 16.4 Å². The lowest BCUT2D eigenvalue weighted by molar-refractivity contribution is 0.396. The molecule has 0 unspecified atom stereocenters. The second-order valence-electron chi connectivity index (χ2n) is 5.98. The Kier molecular flexibility index (Phi) is 4.85. The summed E-state index contributed by atoms with van der Waals surface area (Å²) in [5.74, 6) is 0.465. The predicted octanol–water partition coefficient (Wildman–Crippen LogP) is 4.18. The molecule has 4 nitrogen and oxygen atoms in total.